The molecule has 2 rings (SSSR count). The van der Waals surface area contributed by atoms with E-state index in [4.69, 9.17) is 0 Å². The minimum Gasteiger partial charge on any atom is -0.326 e. The minimum absolute atomic E-state index is 0.108. The number of anilines is 1. The third-order valence-corrected chi connectivity index (χ3v) is 4.04. The number of carbonyl (C=O) groups excluding carboxylic acids is 1. The van der Waals surface area contributed by atoms with Gasteiger partial charge in [0.05, 0.1) is 6.42 Å². The number of carbonyl (C=O) groups is 1. The van der Waals surface area contributed by atoms with E-state index in [9.17, 15) is 4.79 Å². The molecule has 0 saturated heterocycles. The van der Waals surface area contributed by atoms with Crippen molar-refractivity contribution < 1.29 is 4.79 Å². The molecule has 0 fully saturated rings. The Bertz CT molecular complexity index is 470. The van der Waals surface area contributed by atoms with Crippen LogP contribution in [0.2, 0.25) is 0 Å². The van der Waals surface area contributed by atoms with Gasteiger partial charge >= 0.3 is 0 Å². The zero-order chi connectivity index (χ0) is 14.5. The standard InChI is InChI=1S/C17H26N2O/c1-4-6-12(3)17(18-9-5-2)13-7-8-15-14(10-13)11-16(20)19-15/h7-8,10,12,17-18H,4-6,9,11H2,1-3H3,(H,19,20). The fourth-order valence-corrected chi connectivity index (χ4v) is 3.01. The van der Waals surface area contributed by atoms with Crippen LogP contribution < -0.4 is 10.6 Å². The smallest absolute Gasteiger partial charge is 0.228 e. The van der Waals surface area contributed by atoms with Crippen molar-refractivity contribution in [3.05, 3.63) is 29.3 Å². The van der Waals surface area contributed by atoms with Gasteiger partial charge in [-0.1, -0.05) is 39.3 Å². The van der Waals surface area contributed by atoms with Gasteiger partial charge in [0.1, 0.15) is 0 Å². The van der Waals surface area contributed by atoms with Crippen molar-refractivity contribution in [2.75, 3.05) is 11.9 Å². The molecule has 0 aliphatic carbocycles. The van der Waals surface area contributed by atoms with Gasteiger partial charge in [-0.15, -0.1) is 0 Å². The second kappa shape index (κ2) is 6.89. The lowest BCUT2D eigenvalue weighted by Crippen LogP contribution is -2.27. The largest absolute Gasteiger partial charge is 0.326 e. The van der Waals surface area contributed by atoms with Crippen molar-refractivity contribution in [3.8, 4) is 0 Å². The third-order valence-electron chi connectivity index (χ3n) is 4.04. The van der Waals surface area contributed by atoms with E-state index < -0.39 is 0 Å². The average molecular weight is 274 g/mol. The molecular weight excluding hydrogens is 248 g/mol. The number of hydrogen-bond donors (Lipinski definition) is 2. The summed E-state index contributed by atoms with van der Waals surface area (Å²) in [5.74, 6) is 0.714. The van der Waals surface area contributed by atoms with Crippen LogP contribution in [0.4, 0.5) is 5.69 Å². The van der Waals surface area contributed by atoms with Crippen LogP contribution in [0.25, 0.3) is 0 Å². The molecule has 1 aromatic carbocycles. The predicted molar refractivity (Wildman–Crippen MR) is 83.9 cm³/mol. The summed E-state index contributed by atoms with van der Waals surface area (Å²) in [7, 11) is 0. The maximum atomic E-state index is 11.5. The molecule has 0 spiro atoms. The Hall–Kier alpha value is -1.35. The third kappa shape index (κ3) is 3.40. The second-order valence-corrected chi connectivity index (χ2v) is 5.84. The van der Waals surface area contributed by atoms with E-state index in [1.807, 2.05) is 0 Å². The Morgan fingerprint density at radius 2 is 2.10 bits per heavy atom. The van der Waals surface area contributed by atoms with E-state index in [0.29, 0.717) is 18.4 Å². The molecule has 2 unspecified atom stereocenters. The van der Waals surface area contributed by atoms with Crippen molar-refractivity contribution in [3.63, 3.8) is 0 Å². The number of nitrogens with one attached hydrogen (secondary N) is 2. The highest BCUT2D eigenvalue weighted by molar-refractivity contribution is 5.99. The molecule has 0 bridgehead atoms. The first-order chi connectivity index (χ1) is 9.65. The minimum atomic E-state index is 0.108. The van der Waals surface area contributed by atoms with Crippen LogP contribution in [-0.4, -0.2) is 12.5 Å². The molecule has 0 radical (unpaired) electrons. The monoisotopic (exact) mass is 274 g/mol. The molecule has 1 aliphatic rings. The molecule has 0 saturated carbocycles. The van der Waals surface area contributed by atoms with E-state index >= 15 is 0 Å². The van der Waals surface area contributed by atoms with Crippen LogP contribution in [-0.2, 0) is 11.2 Å². The summed E-state index contributed by atoms with van der Waals surface area (Å²) in [5, 5.41) is 6.57. The zero-order valence-electron chi connectivity index (χ0n) is 12.8. The van der Waals surface area contributed by atoms with Gasteiger partial charge < -0.3 is 10.6 Å². The molecule has 2 atom stereocenters. The summed E-state index contributed by atoms with van der Waals surface area (Å²) in [6.07, 6.45) is 4.08. The molecule has 3 nitrogen and oxygen atoms in total. The lowest BCUT2D eigenvalue weighted by Gasteiger charge is -2.26. The van der Waals surface area contributed by atoms with Gasteiger partial charge in [0.2, 0.25) is 5.91 Å². The Kier molecular flexibility index (Phi) is 5.18. The molecule has 110 valence electrons. The molecule has 20 heavy (non-hydrogen) atoms. The molecule has 1 heterocycles. The van der Waals surface area contributed by atoms with Gasteiger partial charge in [0, 0.05) is 11.7 Å². The summed E-state index contributed by atoms with van der Waals surface area (Å²) < 4.78 is 0. The van der Waals surface area contributed by atoms with Crippen molar-refractivity contribution in [1.29, 1.82) is 0 Å². The highest BCUT2D eigenvalue weighted by Crippen LogP contribution is 2.31. The van der Waals surface area contributed by atoms with E-state index in [-0.39, 0.29) is 5.91 Å². The van der Waals surface area contributed by atoms with Crippen LogP contribution >= 0.6 is 0 Å². The van der Waals surface area contributed by atoms with Crippen LogP contribution in [0, 0.1) is 5.92 Å². The summed E-state index contributed by atoms with van der Waals surface area (Å²) in [6, 6.07) is 6.79. The summed E-state index contributed by atoms with van der Waals surface area (Å²) >= 11 is 0. The normalized spacial score (nSPS) is 16.6. The number of fused-ring (bicyclic) bond motifs is 1. The fraction of sp³-hybridized carbons (Fsp3) is 0.588. The number of amides is 1. The first-order valence-corrected chi connectivity index (χ1v) is 7.81. The Morgan fingerprint density at radius 3 is 2.80 bits per heavy atom. The van der Waals surface area contributed by atoms with Crippen LogP contribution in [0.3, 0.4) is 0 Å². The Balaban J connectivity index is 2.20. The second-order valence-electron chi connectivity index (χ2n) is 5.84. The lowest BCUT2D eigenvalue weighted by molar-refractivity contribution is -0.115. The highest BCUT2D eigenvalue weighted by Gasteiger charge is 2.22. The van der Waals surface area contributed by atoms with Crippen molar-refractivity contribution in [1.82, 2.24) is 5.32 Å². The van der Waals surface area contributed by atoms with Crippen molar-refractivity contribution in [2.45, 2.75) is 52.5 Å². The molecule has 0 aromatic heterocycles. The Labute approximate surface area is 122 Å². The van der Waals surface area contributed by atoms with Gasteiger partial charge in [-0.25, -0.2) is 0 Å². The molecule has 1 aliphatic heterocycles. The van der Waals surface area contributed by atoms with Gasteiger partial charge in [0.25, 0.3) is 0 Å². The van der Waals surface area contributed by atoms with E-state index in [1.54, 1.807) is 0 Å². The topological polar surface area (TPSA) is 41.1 Å². The van der Waals surface area contributed by atoms with Gasteiger partial charge in [-0.2, -0.15) is 0 Å². The summed E-state index contributed by atoms with van der Waals surface area (Å²) in [4.78, 5) is 11.5. The van der Waals surface area contributed by atoms with Crippen LogP contribution in [0.5, 0.6) is 0 Å². The number of benzene rings is 1. The molecule has 3 heteroatoms. The van der Waals surface area contributed by atoms with Gasteiger partial charge in [-0.3, -0.25) is 4.79 Å². The molecule has 2 N–H and O–H groups in total. The van der Waals surface area contributed by atoms with E-state index in [0.717, 1.165) is 24.2 Å². The lowest BCUT2D eigenvalue weighted by atomic mass is 9.89. The SMILES string of the molecule is CCCNC(c1ccc2c(c1)CC(=O)N2)C(C)CCC. The average Bonchev–Trinajstić information content (AvgIpc) is 2.79. The molecular formula is C17H26N2O. The van der Waals surface area contributed by atoms with Crippen LogP contribution in [0.15, 0.2) is 18.2 Å². The number of hydrogen-bond acceptors (Lipinski definition) is 2. The van der Waals surface area contributed by atoms with Crippen molar-refractivity contribution in [2.24, 2.45) is 5.92 Å². The molecule has 1 amide bonds. The summed E-state index contributed by atoms with van der Waals surface area (Å²) in [6.45, 7) is 7.78. The quantitative estimate of drug-likeness (QED) is 0.796. The first kappa shape index (κ1) is 15.0. The van der Waals surface area contributed by atoms with Gasteiger partial charge in [0.15, 0.2) is 0 Å². The molecule has 1 aromatic rings. The fourth-order valence-electron chi connectivity index (χ4n) is 3.01. The predicted octanol–water partition coefficient (Wildman–Crippen LogP) is 3.66. The maximum absolute atomic E-state index is 11.5. The van der Waals surface area contributed by atoms with E-state index in [2.05, 4.69) is 49.6 Å². The van der Waals surface area contributed by atoms with E-state index in [1.165, 1.54) is 18.4 Å². The van der Waals surface area contributed by atoms with Crippen LogP contribution in [0.1, 0.15) is 57.2 Å². The highest BCUT2D eigenvalue weighted by atomic mass is 16.1. The zero-order valence-corrected chi connectivity index (χ0v) is 12.8. The summed E-state index contributed by atoms with van der Waals surface area (Å²) in [5.41, 5.74) is 3.44. The number of rotatable bonds is 7. The first-order valence-electron chi connectivity index (χ1n) is 7.81. The van der Waals surface area contributed by atoms with Crippen molar-refractivity contribution >= 4 is 11.6 Å². The van der Waals surface area contributed by atoms with Gasteiger partial charge in [-0.05, 0) is 42.5 Å². The maximum Gasteiger partial charge on any atom is 0.228 e. The Morgan fingerprint density at radius 1 is 1.30 bits per heavy atom.